The fourth-order valence-electron chi connectivity index (χ4n) is 3.52. The highest BCUT2D eigenvalue weighted by atomic mass is 16.1. The van der Waals surface area contributed by atoms with Gasteiger partial charge in [0.05, 0.1) is 28.7 Å². The molecule has 0 fully saturated rings. The molecule has 152 valence electrons. The molecular formula is C24H25N5O. The Morgan fingerprint density at radius 1 is 1.00 bits per heavy atom. The van der Waals surface area contributed by atoms with Gasteiger partial charge in [0.2, 0.25) is 0 Å². The van der Waals surface area contributed by atoms with Gasteiger partial charge in [0.1, 0.15) is 5.69 Å². The summed E-state index contributed by atoms with van der Waals surface area (Å²) < 4.78 is 3.68. The molecule has 1 amide bonds. The number of hydrogen-bond donors (Lipinski definition) is 1. The summed E-state index contributed by atoms with van der Waals surface area (Å²) in [5.41, 5.74) is 4.69. The molecule has 2 heterocycles. The topological polar surface area (TPSA) is 64.7 Å². The predicted molar refractivity (Wildman–Crippen MR) is 118 cm³/mol. The van der Waals surface area contributed by atoms with Gasteiger partial charge < -0.3 is 5.32 Å². The van der Waals surface area contributed by atoms with Crippen molar-refractivity contribution in [2.45, 2.75) is 33.4 Å². The van der Waals surface area contributed by atoms with E-state index in [9.17, 15) is 4.79 Å². The molecule has 0 saturated carbocycles. The minimum atomic E-state index is -0.214. The number of rotatable bonds is 6. The van der Waals surface area contributed by atoms with Crippen LogP contribution in [-0.4, -0.2) is 25.5 Å². The van der Waals surface area contributed by atoms with Crippen LogP contribution < -0.4 is 5.32 Å². The zero-order chi connectivity index (χ0) is 21.1. The third kappa shape index (κ3) is 3.76. The van der Waals surface area contributed by atoms with Crippen LogP contribution in [0.1, 0.15) is 41.6 Å². The fourth-order valence-corrected chi connectivity index (χ4v) is 3.52. The lowest BCUT2D eigenvalue weighted by Gasteiger charge is -2.12. The van der Waals surface area contributed by atoms with Crippen LogP contribution in [0, 0.1) is 6.92 Å². The van der Waals surface area contributed by atoms with Crippen LogP contribution in [0.5, 0.6) is 0 Å². The largest absolute Gasteiger partial charge is 0.344 e. The SMILES string of the molecule is CCn1ccc(C(C)NC(=O)c2c(-c3ccccc3)nn(-c3ccccc3)c2C)n1. The second-order valence-corrected chi connectivity index (χ2v) is 7.21. The third-order valence-electron chi connectivity index (χ3n) is 5.17. The van der Waals surface area contributed by atoms with E-state index in [4.69, 9.17) is 5.10 Å². The lowest BCUT2D eigenvalue weighted by atomic mass is 10.0. The van der Waals surface area contributed by atoms with Crippen LogP contribution in [0.15, 0.2) is 72.9 Å². The molecule has 0 aliphatic carbocycles. The van der Waals surface area contributed by atoms with Gasteiger partial charge in [0, 0.05) is 18.3 Å². The van der Waals surface area contributed by atoms with E-state index in [1.165, 1.54) is 0 Å². The van der Waals surface area contributed by atoms with Crippen molar-refractivity contribution in [3.63, 3.8) is 0 Å². The molecule has 30 heavy (non-hydrogen) atoms. The second-order valence-electron chi connectivity index (χ2n) is 7.21. The number of aryl methyl sites for hydroxylation is 1. The van der Waals surface area contributed by atoms with Gasteiger partial charge in [-0.3, -0.25) is 9.48 Å². The summed E-state index contributed by atoms with van der Waals surface area (Å²) in [6.07, 6.45) is 1.92. The third-order valence-corrected chi connectivity index (χ3v) is 5.17. The van der Waals surface area contributed by atoms with E-state index < -0.39 is 0 Å². The van der Waals surface area contributed by atoms with E-state index in [0.717, 1.165) is 29.2 Å². The average Bonchev–Trinajstić information content (AvgIpc) is 3.39. The van der Waals surface area contributed by atoms with Gasteiger partial charge in [-0.15, -0.1) is 0 Å². The maximum atomic E-state index is 13.4. The Morgan fingerprint density at radius 3 is 2.30 bits per heavy atom. The van der Waals surface area contributed by atoms with E-state index in [1.807, 2.05) is 103 Å². The maximum absolute atomic E-state index is 13.4. The van der Waals surface area contributed by atoms with E-state index in [0.29, 0.717) is 11.3 Å². The van der Waals surface area contributed by atoms with Gasteiger partial charge in [-0.05, 0) is 39.0 Å². The summed E-state index contributed by atoms with van der Waals surface area (Å²) >= 11 is 0. The summed E-state index contributed by atoms with van der Waals surface area (Å²) in [4.78, 5) is 13.4. The molecule has 0 bridgehead atoms. The molecule has 6 nitrogen and oxygen atoms in total. The fraction of sp³-hybridized carbons (Fsp3) is 0.208. The molecule has 6 heteroatoms. The van der Waals surface area contributed by atoms with Crippen LogP contribution in [0.3, 0.4) is 0 Å². The number of amides is 1. The standard InChI is InChI=1S/C24H25N5O/c1-4-28-16-15-21(26-28)17(2)25-24(30)22-18(3)29(20-13-9-6-10-14-20)27-23(22)19-11-7-5-8-12-19/h5-17H,4H2,1-3H3,(H,25,30). The van der Waals surface area contributed by atoms with Crippen LogP contribution in [0.25, 0.3) is 16.9 Å². The minimum absolute atomic E-state index is 0.160. The van der Waals surface area contributed by atoms with Gasteiger partial charge >= 0.3 is 0 Å². The first-order valence-corrected chi connectivity index (χ1v) is 10.1. The van der Waals surface area contributed by atoms with Gasteiger partial charge in [-0.25, -0.2) is 4.68 Å². The molecule has 0 aliphatic rings. The van der Waals surface area contributed by atoms with E-state index in [2.05, 4.69) is 10.4 Å². The maximum Gasteiger partial charge on any atom is 0.255 e. The van der Waals surface area contributed by atoms with Gasteiger partial charge in [0.25, 0.3) is 5.91 Å². The zero-order valence-electron chi connectivity index (χ0n) is 17.4. The van der Waals surface area contributed by atoms with Gasteiger partial charge in [0.15, 0.2) is 0 Å². The highest BCUT2D eigenvalue weighted by Crippen LogP contribution is 2.28. The van der Waals surface area contributed by atoms with Crippen LogP contribution in [-0.2, 0) is 6.54 Å². The second kappa shape index (κ2) is 8.37. The number of nitrogens with one attached hydrogen (secondary N) is 1. The summed E-state index contributed by atoms with van der Waals surface area (Å²) in [7, 11) is 0. The highest BCUT2D eigenvalue weighted by Gasteiger charge is 2.24. The van der Waals surface area contributed by atoms with Crippen molar-refractivity contribution in [1.29, 1.82) is 0 Å². The van der Waals surface area contributed by atoms with Gasteiger partial charge in [-0.1, -0.05) is 48.5 Å². The van der Waals surface area contributed by atoms with Crippen LogP contribution in [0.4, 0.5) is 0 Å². The van der Waals surface area contributed by atoms with Crippen molar-refractivity contribution in [1.82, 2.24) is 24.9 Å². The van der Waals surface area contributed by atoms with E-state index in [-0.39, 0.29) is 11.9 Å². The molecular weight excluding hydrogens is 374 g/mol. The Morgan fingerprint density at radius 2 is 1.67 bits per heavy atom. The highest BCUT2D eigenvalue weighted by molar-refractivity contribution is 6.01. The van der Waals surface area contributed by atoms with E-state index in [1.54, 1.807) is 0 Å². The van der Waals surface area contributed by atoms with Crippen LogP contribution in [0.2, 0.25) is 0 Å². The monoisotopic (exact) mass is 399 g/mol. The first kappa shape index (κ1) is 19.6. The number of carbonyl (C=O) groups is 1. The van der Waals surface area contributed by atoms with E-state index >= 15 is 0 Å². The number of para-hydroxylation sites is 1. The first-order chi connectivity index (χ1) is 14.6. The summed E-state index contributed by atoms with van der Waals surface area (Å²) in [5, 5.41) is 12.4. The molecule has 0 saturated heterocycles. The molecule has 4 rings (SSSR count). The molecule has 1 atom stereocenters. The summed E-state index contributed by atoms with van der Waals surface area (Å²) in [6, 6.07) is 21.4. The Bertz CT molecular complexity index is 1150. The molecule has 1 unspecified atom stereocenters. The molecule has 0 spiro atoms. The minimum Gasteiger partial charge on any atom is -0.344 e. The van der Waals surface area contributed by atoms with Crippen molar-refractivity contribution < 1.29 is 4.79 Å². The number of hydrogen-bond acceptors (Lipinski definition) is 3. The Labute approximate surface area is 176 Å². The quantitative estimate of drug-likeness (QED) is 0.517. The molecule has 4 aromatic rings. The predicted octanol–water partition coefficient (Wildman–Crippen LogP) is 4.56. The lowest BCUT2D eigenvalue weighted by molar-refractivity contribution is 0.0939. The summed E-state index contributed by atoms with van der Waals surface area (Å²) in [5.74, 6) is -0.160. The number of aromatic nitrogens is 4. The average molecular weight is 399 g/mol. The normalized spacial score (nSPS) is 12.0. The number of nitrogens with zero attached hydrogens (tertiary/aromatic N) is 4. The van der Waals surface area contributed by atoms with Crippen molar-refractivity contribution >= 4 is 5.91 Å². The molecule has 2 aromatic carbocycles. The Hall–Kier alpha value is -3.67. The number of carbonyl (C=O) groups excluding carboxylic acids is 1. The van der Waals surface area contributed by atoms with Crippen molar-refractivity contribution in [3.05, 3.63) is 89.9 Å². The summed E-state index contributed by atoms with van der Waals surface area (Å²) in [6.45, 7) is 6.70. The van der Waals surface area contributed by atoms with Gasteiger partial charge in [-0.2, -0.15) is 10.2 Å². The molecule has 2 aromatic heterocycles. The first-order valence-electron chi connectivity index (χ1n) is 10.1. The molecule has 0 radical (unpaired) electrons. The molecule has 0 aliphatic heterocycles. The smallest absolute Gasteiger partial charge is 0.255 e. The number of benzene rings is 2. The lowest BCUT2D eigenvalue weighted by Crippen LogP contribution is -2.28. The van der Waals surface area contributed by atoms with Crippen LogP contribution >= 0.6 is 0 Å². The molecule has 1 N–H and O–H groups in total. The van der Waals surface area contributed by atoms with Crippen molar-refractivity contribution in [2.75, 3.05) is 0 Å². The zero-order valence-corrected chi connectivity index (χ0v) is 17.4. The van der Waals surface area contributed by atoms with Crippen molar-refractivity contribution in [3.8, 4) is 16.9 Å². The Balaban J connectivity index is 1.73. The van der Waals surface area contributed by atoms with Crippen molar-refractivity contribution in [2.24, 2.45) is 0 Å². The Kier molecular flexibility index (Phi) is 5.48.